The number of carboxylic acids is 1. The number of hydrogen-bond acceptors (Lipinski definition) is 6. The number of carbonyl (C=O) groups is 1. The van der Waals surface area contributed by atoms with E-state index < -0.39 is 5.97 Å². The molecule has 3 rings (SSSR count). The summed E-state index contributed by atoms with van der Waals surface area (Å²) in [5.74, 6) is -0.358. The zero-order valence-electron chi connectivity index (χ0n) is 11.4. The summed E-state index contributed by atoms with van der Waals surface area (Å²) in [6, 6.07) is 4.80. The number of hydrogen-bond donors (Lipinski definition) is 4. The fourth-order valence-electron chi connectivity index (χ4n) is 2.36. The maximum atomic E-state index is 11.0. The van der Waals surface area contributed by atoms with Gasteiger partial charge in [-0.25, -0.2) is 4.79 Å². The molecule has 22 heavy (non-hydrogen) atoms. The normalized spacial score (nSPS) is 14.6. The van der Waals surface area contributed by atoms with Crippen molar-refractivity contribution in [1.29, 1.82) is 0 Å². The summed E-state index contributed by atoms with van der Waals surface area (Å²) in [7, 11) is 1.44. The molecular formula is C13H13N4O2S3+. The summed E-state index contributed by atoms with van der Waals surface area (Å²) in [5, 5.41) is 20.5. The monoisotopic (exact) mass is 353 g/mol. The van der Waals surface area contributed by atoms with Crippen molar-refractivity contribution in [1.82, 2.24) is 15.4 Å². The van der Waals surface area contributed by atoms with E-state index in [0.717, 1.165) is 24.8 Å². The second kappa shape index (κ2) is 6.35. The molecule has 0 atom stereocenters. The van der Waals surface area contributed by atoms with Gasteiger partial charge in [0.25, 0.3) is 0 Å². The molecule has 0 fully saturated rings. The number of H-pyrrole nitrogens is 1. The standard InChI is InChI=1S/C13H12N4O2S3/c18-13(19)8-5-4-7(6-10(8)20)17-15-12(14-16-17)9-2-1-3-11(9)22-21/h4-6H,1-3H2,(H3,18,19,20,21)/p+1. The molecule has 1 heterocycles. The molecule has 2 aromatic rings. The van der Waals surface area contributed by atoms with Gasteiger partial charge in [0.05, 0.1) is 10.7 Å². The molecule has 1 aliphatic carbocycles. The maximum Gasteiger partial charge on any atom is 0.336 e. The van der Waals surface area contributed by atoms with Crippen molar-refractivity contribution in [3.05, 3.63) is 34.5 Å². The van der Waals surface area contributed by atoms with Gasteiger partial charge in [0.1, 0.15) is 0 Å². The van der Waals surface area contributed by atoms with Gasteiger partial charge in [-0.3, -0.25) is 0 Å². The first-order chi connectivity index (χ1) is 10.6. The number of benzene rings is 1. The van der Waals surface area contributed by atoms with E-state index in [1.54, 1.807) is 12.1 Å². The number of nitrogens with one attached hydrogen (secondary N) is 1. The van der Waals surface area contributed by atoms with Crippen LogP contribution in [0.15, 0.2) is 28.0 Å². The highest BCUT2D eigenvalue weighted by atomic mass is 33.1. The SMILES string of the molecule is O=C(O)c1ccc(-[n+]2nc(C3=C(SS)CCC3)n[nH]2)cc1S. The van der Waals surface area contributed by atoms with Gasteiger partial charge >= 0.3 is 11.8 Å². The molecule has 0 saturated carbocycles. The third-order valence-corrected chi connectivity index (χ3v) is 5.15. The smallest absolute Gasteiger partial charge is 0.336 e. The number of nitrogens with zero attached hydrogens (tertiary/aromatic N) is 3. The average molecular weight is 353 g/mol. The fraction of sp³-hybridized carbons (Fsp3) is 0.231. The van der Waals surface area contributed by atoms with Crippen molar-refractivity contribution < 1.29 is 14.7 Å². The largest absolute Gasteiger partial charge is 0.478 e. The lowest BCUT2D eigenvalue weighted by Gasteiger charge is -1.99. The Morgan fingerprint density at radius 3 is 2.91 bits per heavy atom. The van der Waals surface area contributed by atoms with Crippen molar-refractivity contribution in [2.24, 2.45) is 0 Å². The van der Waals surface area contributed by atoms with Crippen LogP contribution < -0.4 is 4.80 Å². The predicted molar refractivity (Wildman–Crippen MR) is 89.5 cm³/mol. The predicted octanol–water partition coefficient (Wildman–Crippen LogP) is 2.54. The molecule has 0 amide bonds. The number of aromatic carboxylic acids is 1. The van der Waals surface area contributed by atoms with Crippen LogP contribution in [0, 0.1) is 0 Å². The van der Waals surface area contributed by atoms with Crippen LogP contribution in [0.2, 0.25) is 0 Å². The Balaban J connectivity index is 1.94. The van der Waals surface area contributed by atoms with Gasteiger partial charge < -0.3 is 5.11 Å². The van der Waals surface area contributed by atoms with Crippen molar-refractivity contribution >= 4 is 46.6 Å². The van der Waals surface area contributed by atoms with E-state index in [4.69, 9.17) is 5.11 Å². The van der Waals surface area contributed by atoms with E-state index in [-0.39, 0.29) is 5.56 Å². The van der Waals surface area contributed by atoms with Gasteiger partial charge in [-0.15, -0.1) is 24.3 Å². The highest BCUT2D eigenvalue weighted by Crippen LogP contribution is 2.39. The topological polar surface area (TPSA) is 82.8 Å². The van der Waals surface area contributed by atoms with Gasteiger partial charge in [-0.1, -0.05) is 10.8 Å². The van der Waals surface area contributed by atoms with Crippen LogP contribution in [0.5, 0.6) is 0 Å². The van der Waals surface area contributed by atoms with E-state index in [1.807, 2.05) is 0 Å². The lowest BCUT2D eigenvalue weighted by Crippen LogP contribution is -2.36. The first kappa shape index (κ1) is 15.4. The molecule has 6 nitrogen and oxygen atoms in total. The molecule has 2 N–H and O–H groups in total. The second-order valence-corrected chi connectivity index (χ2v) is 6.51. The van der Waals surface area contributed by atoms with Gasteiger partial charge in [-0.2, -0.15) is 0 Å². The van der Waals surface area contributed by atoms with E-state index in [9.17, 15) is 4.79 Å². The Labute approximate surface area is 141 Å². The Hall–Kier alpha value is -1.45. The molecule has 1 aromatic heterocycles. The minimum atomic E-state index is -1.01. The minimum absolute atomic E-state index is 0.152. The van der Waals surface area contributed by atoms with Gasteiger partial charge in [-0.05, 0) is 46.5 Å². The van der Waals surface area contributed by atoms with E-state index >= 15 is 0 Å². The van der Waals surface area contributed by atoms with Crippen molar-refractivity contribution in [3.63, 3.8) is 0 Å². The molecule has 0 saturated heterocycles. The first-order valence-electron chi connectivity index (χ1n) is 6.55. The lowest BCUT2D eigenvalue weighted by atomic mass is 10.2. The summed E-state index contributed by atoms with van der Waals surface area (Å²) in [4.78, 5) is 14.1. The number of carboxylic acid groups (broad SMARTS) is 1. The van der Waals surface area contributed by atoms with Crippen LogP contribution >= 0.6 is 35.1 Å². The summed E-state index contributed by atoms with van der Waals surface area (Å²) in [5.41, 5.74) is 1.94. The molecule has 0 bridgehead atoms. The molecule has 0 aliphatic heterocycles. The molecule has 0 radical (unpaired) electrons. The van der Waals surface area contributed by atoms with Crippen molar-refractivity contribution in [3.8, 4) is 5.69 Å². The van der Waals surface area contributed by atoms with Crippen molar-refractivity contribution in [2.45, 2.75) is 24.2 Å². The minimum Gasteiger partial charge on any atom is -0.478 e. The summed E-state index contributed by atoms with van der Waals surface area (Å²) >= 11 is 8.47. The highest BCUT2D eigenvalue weighted by molar-refractivity contribution is 8.70. The van der Waals surface area contributed by atoms with E-state index in [1.165, 1.54) is 26.6 Å². The van der Waals surface area contributed by atoms with E-state index in [0.29, 0.717) is 16.4 Å². The van der Waals surface area contributed by atoms with Crippen LogP contribution in [0.3, 0.4) is 0 Å². The quantitative estimate of drug-likeness (QED) is 0.386. The van der Waals surface area contributed by atoms with Gasteiger partial charge in [0.2, 0.25) is 0 Å². The fourth-order valence-corrected chi connectivity index (χ4v) is 3.81. The Bertz CT molecular complexity index is 772. The van der Waals surface area contributed by atoms with Crippen LogP contribution in [0.25, 0.3) is 11.3 Å². The number of aromatic nitrogens is 4. The number of thiol groups is 2. The molecule has 1 aromatic carbocycles. The summed E-state index contributed by atoms with van der Waals surface area (Å²) in [6.45, 7) is 0. The number of aromatic amines is 1. The summed E-state index contributed by atoms with van der Waals surface area (Å²) in [6.07, 6.45) is 3.03. The third-order valence-electron chi connectivity index (χ3n) is 3.45. The van der Waals surface area contributed by atoms with Gasteiger partial charge in [0.15, 0.2) is 5.69 Å². The van der Waals surface area contributed by atoms with Crippen molar-refractivity contribution in [2.75, 3.05) is 0 Å². The lowest BCUT2D eigenvalue weighted by molar-refractivity contribution is -0.717. The second-order valence-electron chi connectivity index (χ2n) is 4.80. The average Bonchev–Trinajstić information content (AvgIpc) is 3.15. The van der Waals surface area contributed by atoms with E-state index in [2.05, 4.69) is 39.7 Å². The maximum absolute atomic E-state index is 11.0. The Kier molecular flexibility index (Phi) is 4.46. The number of allylic oxidation sites excluding steroid dienone is 2. The molecule has 114 valence electrons. The third kappa shape index (κ3) is 2.88. The molecule has 0 unspecified atom stereocenters. The zero-order chi connectivity index (χ0) is 15.7. The van der Waals surface area contributed by atoms with Gasteiger partial charge in [0, 0.05) is 21.4 Å². The first-order valence-corrected chi connectivity index (χ1v) is 8.87. The molecule has 1 aliphatic rings. The van der Waals surface area contributed by atoms with Crippen LogP contribution in [-0.2, 0) is 0 Å². The molecule has 0 spiro atoms. The highest BCUT2D eigenvalue weighted by Gasteiger charge is 2.25. The number of rotatable bonds is 4. The summed E-state index contributed by atoms with van der Waals surface area (Å²) < 4.78 is 0. The molecular weight excluding hydrogens is 340 g/mol. The van der Waals surface area contributed by atoms with Crippen LogP contribution in [0.4, 0.5) is 0 Å². The zero-order valence-corrected chi connectivity index (χ0v) is 14.0. The Morgan fingerprint density at radius 2 is 2.23 bits per heavy atom. The molecule has 9 heteroatoms. The Morgan fingerprint density at radius 1 is 1.41 bits per heavy atom. The van der Waals surface area contributed by atoms with Crippen LogP contribution in [0.1, 0.15) is 35.4 Å². The van der Waals surface area contributed by atoms with Crippen LogP contribution in [-0.4, -0.2) is 26.5 Å². The number of tetrazole rings is 1.